The second-order valence-corrected chi connectivity index (χ2v) is 4.02. The lowest BCUT2D eigenvalue weighted by Gasteiger charge is -2.16. The van der Waals surface area contributed by atoms with Crippen LogP contribution in [0.2, 0.25) is 0 Å². The molecule has 0 saturated heterocycles. The van der Waals surface area contributed by atoms with E-state index in [0.29, 0.717) is 18.5 Å². The predicted octanol–water partition coefficient (Wildman–Crippen LogP) is 1.26. The Morgan fingerprint density at radius 3 is 2.59 bits per heavy atom. The molecule has 1 aromatic rings. The third kappa shape index (κ3) is 4.25. The number of rotatable bonds is 5. The molecule has 0 aliphatic heterocycles. The van der Waals surface area contributed by atoms with Crippen LogP contribution in [0.4, 0.5) is 0 Å². The molecule has 0 bridgehead atoms. The average molecular weight is 231 g/mol. The third-order valence-electron chi connectivity index (χ3n) is 2.51. The number of carbonyl (C=O) groups is 1. The normalized spacial score (nSPS) is 11.9. The van der Waals surface area contributed by atoms with Gasteiger partial charge in [0, 0.05) is 12.1 Å². The lowest BCUT2D eigenvalue weighted by Crippen LogP contribution is -2.32. The summed E-state index contributed by atoms with van der Waals surface area (Å²) in [5.41, 5.74) is 0.644. The van der Waals surface area contributed by atoms with Crippen LogP contribution in [-0.2, 0) is 0 Å². The molecule has 0 heterocycles. The van der Waals surface area contributed by atoms with Gasteiger partial charge in [0.25, 0.3) is 5.91 Å². The predicted molar refractivity (Wildman–Crippen MR) is 66.5 cm³/mol. The quantitative estimate of drug-likeness (QED) is 0.830. The number of nitrogens with one attached hydrogen (secondary N) is 1. The maximum absolute atomic E-state index is 11.7. The number of benzene rings is 1. The van der Waals surface area contributed by atoms with Crippen LogP contribution in [-0.4, -0.2) is 37.5 Å². The fourth-order valence-corrected chi connectivity index (χ4v) is 1.45. The molecule has 1 atom stereocenters. The van der Waals surface area contributed by atoms with Crippen LogP contribution in [0, 0.1) is 11.3 Å². The molecule has 0 fully saturated rings. The first-order chi connectivity index (χ1) is 8.15. The van der Waals surface area contributed by atoms with Crippen molar-refractivity contribution in [2.75, 3.05) is 20.6 Å². The standard InChI is InChI=1S/C13H17N3O/c1-16(2)12(10-14)8-9-15-13(17)11-6-4-3-5-7-11/h3-7,12H,8-9H2,1-2H3,(H,15,17). The molecule has 0 aliphatic carbocycles. The van der Waals surface area contributed by atoms with Gasteiger partial charge in [0.05, 0.1) is 12.1 Å². The maximum Gasteiger partial charge on any atom is 0.251 e. The van der Waals surface area contributed by atoms with Gasteiger partial charge in [0.1, 0.15) is 0 Å². The molecule has 1 rings (SSSR count). The lowest BCUT2D eigenvalue weighted by atomic mass is 10.2. The molecule has 1 unspecified atom stereocenters. The number of hydrogen-bond donors (Lipinski definition) is 1. The molecule has 1 amide bonds. The summed E-state index contributed by atoms with van der Waals surface area (Å²) in [6.45, 7) is 0.504. The zero-order chi connectivity index (χ0) is 12.7. The van der Waals surface area contributed by atoms with Gasteiger partial charge in [-0.05, 0) is 32.6 Å². The van der Waals surface area contributed by atoms with Gasteiger partial charge in [0.15, 0.2) is 0 Å². The van der Waals surface area contributed by atoms with Crippen LogP contribution in [0.1, 0.15) is 16.8 Å². The fourth-order valence-electron chi connectivity index (χ4n) is 1.45. The minimum atomic E-state index is -0.161. The van der Waals surface area contributed by atoms with Crippen LogP contribution in [0.25, 0.3) is 0 Å². The monoisotopic (exact) mass is 231 g/mol. The molecule has 0 aromatic heterocycles. The Morgan fingerprint density at radius 2 is 2.06 bits per heavy atom. The van der Waals surface area contributed by atoms with E-state index < -0.39 is 0 Å². The molecule has 0 aliphatic rings. The number of hydrogen-bond acceptors (Lipinski definition) is 3. The van der Waals surface area contributed by atoms with Crippen LogP contribution in [0.3, 0.4) is 0 Å². The number of nitriles is 1. The van der Waals surface area contributed by atoms with E-state index in [9.17, 15) is 4.79 Å². The zero-order valence-corrected chi connectivity index (χ0v) is 10.2. The smallest absolute Gasteiger partial charge is 0.251 e. The van der Waals surface area contributed by atoms with E-state index in [1.807, 2.05) is 37.2 Å². The fraction of sp³-hybridized carbons (Fsp3) is 0.385. The van der Waals surface area contributed by atoms with Crippen molar-refractivity contribution in [1.82, 2.24) is 10.2 Å². The number of nitrogens with zero attached hydrogens (tertiary/aromatic N) is 2. The van der Waals surface area contributed by atoms with Crippen molar-refractivity contribution in [2.45, 2.75) is 12.5 Å². The summed E-state index contributed by atoms with van der Waals surface area (Å²) in [6.07, 6.45) is 0.627. The molecule has 0 saturated carbocycles. The highest BCUT2D eigenvalue weighted by Gasteiger charge is 2.10. The first kappa shape index (κ1) is 13.2. The SMILES string of the molecule is CN(C)C(C#N)CCNC(=O)c1ccccc1. The van der Waals surface area contributed by atoms with Gasteiger partial charge >= 0.3 is 0 Å². The second kappa shape index (κ2) is 6.66. The van der Waals surface area contributed by atoms with Crippen molar-refractivity contribution >= 4 is 5.91 Å². The highest BCUT2D eigenvalue weighted by Crippen LogP contribution is 1.99. The van der Waals surface area contributed by atoms with Gasteiger partial charge in [-0.25, -0.2) is 0 Å². The van der Waals surface area contributed by atoms with Gasteiger partial charge < -0.3 is 5.32 Å². The lowest BCUT2D eigenvalue weighted by molar-refractivity contribution is 0.0951. The Kier molecular flexibility index (Phi) is 5.18. The van der Waals surface area contributed by atoms with Gasteiger partial charge in [-0.15, -0.1) is 0 Å². The maximum atomic E-state index is 11.7. The molecule has 4 nitrogen and oxygen atoms in total. The second-order valence-electron chi connectivity index (χ2n) is 4.02. The van der Waals surface area contributed by atoms with Crippen LogP contribution >= 0.6 is 0 Å². The summed E-state index contributed by atoms with van der Waals surface area (Å²) < 4.78 is 0. The average Bonchev–Trinajstić information content (AvgIpc) is 2.35. The summed E-state index contributed by atoms with van der Waals surface area (Å²) in [5.74, 6) is -0.0963. The van der Waals surface area contributed by atoms with E-state index >= 15 is 0 Å². The van der Waals surface area contributed by atoms with Gasteiger partial charge in [-0.1, -0.05) is 18.2 Å². The third-order valence-corrected chi connectivity index (χ3v) is 2.51. The highest BCUT2D eigenvalue weighted by molar-refractivity contribution is 5.94. The molecule has 4 heteroatoms. The first-order valence-corrected chi connectivity index (χ1v) is 5.54. The molecular weight excluding hydrogens is 214 g/mol. The van der Waals surface area contributed by atoms with Crippen molar-refractivity contribution in [2.24, 2.45) is 0 Å². The van der Waals surface area contributed by atoms with E-state index in [0.717, 1.165) is 0 Å². The zero-order valence-electron chi connectivity index (χ0n) is 10.2. The van der Waals surface area contributed by atoms with Crippen molar-refractivity contribution in [1.29, 1.82) is 5.26 Å². The van der Waals surface area contributed by atoms with Crippen molar-refractivity contribution < 1.29 is 4.79 Å². The highest BCUT2D eigenvalue weighted by atomic mass is 16.1. The van der Waals surface area contributed by atoms with Crippen LogP contribution in [0.15, 0.2) is 30.3 Å². The topological polar surface area (TPSA) is 56.1 Å². The minimum absolute atomic E-state index is 0.0963. The molecule has 0 spiro atoms. The van der Waals surface area contributed by atoms with Crippen LogP contribution < -0.4 is 5.32 Å². The molecule has 17 heavy (non-hydrogen) atoms. The van der Waals surface area contributed by atoms with Crippen molar-refractivity contribution in [3.05, 3.63) is 35.9 Å². The Labute approximate surface area is 102 Å². The van der Waals surface area contributed by atoms with Gasteiger partial charge in [-0.3, -0.25) is 9.69 Å². The van der Waals surface area contributed by atoms with E-state index in [1.54, 1.807) is 12.1 Å². The Hall–Kier alpha value is -1.86. The Bertz CT molecular complexity index is 395. The summed E-state index contributed by atoms with van der Waals surface area (Å²) in [7, 11) is 3.71. The number of amides is 1. The van der Waals surface area contributed by atoms with E-state index in [4.69, 9.17) is 5.26 Å². The van der Waals surface area contributed by atoms with Gasteiger partial charge in [0.2, 0.25) is 0 Å². The largest absolute Gasteiger partial charge is 0.352 e. The summed E-state index contributed by atoms with van der Waals surface area (Å²) in [6, 6.07) is 11.1. The number of carbonyl (C=O) groups excluding carboxylic acids is 1. The Morgan fingerprint density at radius 1 is 1.41 bits per heavy atom. The van der Waals surface area contributed by atoms with Crippen LogP contribution in [0.5, 0.6) is 0 Å². The Balaban J connectivity index is 2.38. The molecule has 0 radical (unpaired) electrons. The summed E-state index contributed by atoms with van der Waals surface area (Å²) in [5, 5.41) is 11.7. The van der Waals surface area contributed by atoms with E-state index in [2.05, 4.69) is 11.4 Å². The minimum Gasteiger partial charge on any atom is -0.352 e. The first-order valence-electron chi connectivity index (χ1n) is 5.54. The van der Waals surface area contributed by atoms with E-state index in [-0.39, 0.29) is 11.9 Å². The molecular formula is C13H17N3O. The van der Waals surface area contributed by atoms with E-state index in [1.165, 1.54) is 0 Å². The summed E-state index contributed by atoms with van der Waals surface area (Å²) >= 11 is 0. The molecule has 1 N–H and O–H groups in total. The summed E-state index contributed by atoms with van der Waals surface area (Å²) in [4.78, 5) is 13.5. The molecule has 90 valence electrons. The van der Waals surface area contributed by atoms with Gasteiger partial charge in [-0.2, -0.15) is 5.26 Å². The molecule has 1 aromatic carbocycles. The van der Waals surface area contributed by atoms with Crippen molar-refractivity contribution in [3.8, 4) is 6.07 Å². The van der Waals surface area contributed by atoms with Crippen molar-refractivity contribution in [3.63, 3.8) is 0 Å².